The molecule has 0 aliphatic carbocycles. The quantitative estimate of drug-likeness (QED) is 0.664. The maximum Gasteiger partial charge on any atom is 0.274 e. The number of nitro groups is 1. The van der Waals surface area contributed by atoms with Crippen LogP contribution in [0.15, 0.2) is 36.4 Å². The van der Waals surface area contributed by atoms with Crippen LogP contribution in [0.4, 0.5) is 15.8 Å². The molecule has 110 valence electrons. The summed E-state index contributed by atoms with van der Waals surface area (Å²) in [7, 11) is 0. The molecule has 5 heteroatoms. The predicted octanol–water partition coefficient (Wildman–Crippen LogP) is 4.52. The van der Waals surface area contributed by atoms with Gasteiger partial charge in [0.15, 0.2) is 0 Å². The molecule has 4 nitrogen and oxygen atoms in total. The van der Waals surface area contributed by atoms with Crippen molar-refractivity contribution in [3.8, 4) is 0 Å². The summed E-state index contributed by atoms with van der Waals surface area (Å²) in [6.45, 7) is 5.99. The molecule has 0 aliphatic rings. The lowest BCUT2D eigenvalue weighted by atomic mass is 10.0. The van der Waals surface area contributed by atoms with E-state index < -0.39 is 10.7 Å². The van der Waals surface area contributed by atoms with Crippen LogP contribution in [0.2, 0.25) is 0 Å². The first kappa shape index (κ1) is 15.0. The molecule has 0 saturated carbocycles. The third-order valence-corrected chi connectivity index (χ3v) is 3.51. The van der Waals surface area contributed by atoms with E-state index in [9.17, 15) is 14.5 Å². The summed E-state index contributed by atoms with van der Waals surface area (Å²) in [6.07, 6.45) is 0. The Bertz CT molecular complexity index is 686. The van der Waals surface area contributed by atoms with Crippen LogP contribution in [0, 0.1) is 29.8 Å². The number of rotatable bonds is 4. The zero-order chi connectivity index (χ0) is 15.6. The molecule has 2 rings (SSSR count). The molecular weight excluding hydrogens is 271 g/mol. The van der Waals surface area contributed by atoms with E-state index in [-0.39, 0.29) is 11.7 Å². The van der Waals surface area contributed by atoms with Gasteiger partial charge in [-0.1, -0.05) is 18.2 Å². The van der Waals surface area contributed by atoms with Gasteiger partial charge >= 0.3 is 0 Å². The molecule has 0 bridgehead atoms. The molecule has 0 saturated heterocycles. The number of benzene rings is 2. The van der Waals surface area contributed by atoms with Crippen LogP contribution in [0.25, 0.3) is 0 Å². The lowest BCUT2D eigenvalue weighted by Crippen LogP contribution is -2.07. The van der Waals surface area contributed by atoms with Crippen LogP contribution < -0.4 is 5.32 Å². The molecule has 0 fully saturated rings. The van der Waals surface area contributed by atoms with Crippen LogP contribution in [-0.2, 0) is 0 Å². The maximum atomic E-state index is 13.4. The zero-order valence-corrected chi connectivity index (χ0v) is 12.2. The van der Waals surface area contributed by atoms with Crippen LogP contribution in [-0.4, -0.2) is 4.92 Å². The fourth-order valence-corrected chi connectivity index (χ4v) is 2.13. The molecule has 0 heterocycles. The highest BCUT2D eigenvalue weighted by Crippen LogP contribution is 2.25. The molecule has 1 atom stereocenters. The average molecular weight is 288 g/mol. The van der Waals surface area contributed by atoms with Crippen molar-refractivity contribution in [2.75, 3.05) is 5.32 Å². The molecule has 0 spiro atoms. The summed E-state index contributed by atoms with van der Waals surface area (Å²) in [4.78, 5) is 10.2. The zero-order valence-electron chi connectivity index (χ0n) is 12.2. The first-order valence-corrected chi connectivity index (χ1v) is 6.65. The molecule has 21 heavy (non-hydrogen) atoms. The van der Waals surface area contributed by atoms with E-state index in [1.165, 1.54) is 23.3 Å². The lowest BCUT2D eigenvalue weighted by Gasteiger charge is -2.17. The Hall–Kier alpha value is -2.43. The fourth-order valence-electron chi connectivity index (χ4n) is 2.13. The standard InChI is InChI=1S/C16H17FN2O2/c1-10-4-5-13(6-11(10)2)12(3)18-15-7-14(17)8-16(9-15)19(20)21/h4-9,12,18H,1-3H3. The molecule has 1 N–H and O–H groups in total. The van der Waals surface area contributed by atoms with Gasteiger partial charge in [0, 0.05) is 17.8 Å². The van der Waals surface area contributed by atoms with E-state index in [1.54, 1.807) is 0 Å². The van der Waals surface area contributed by atoms with Crippen LogP contribution in [0.1, 0.15) is 29.7 Å². The number of nitrogens with one attached hydrogen (secondary N) is 1. The van der Waals surface area contributed by atoms with E-state index in [0.717, 1.165) is 11.6 Å². The summed E-state index contributed by atoms with van der Waals surface area (Å²) < 4.78 is 13.4. The summed E-state index contributed by atoms with van der Waals surface area (Å²) in [5.41, 5.74) is 3.56. The van der Waals surface area contributed by atoms with Crippen LogP contribution >= 0.6 is 0 Å². The Balaban J connectivity index is 2.24. The van der Waals surface area contributed by atoms with Crippen molar-refractivity contribution >= 4 is 11.4 Å². The minimum Gasteiger partial charge on any atom is -0.378 e. The highest BCUT2D eigenvalue weighted by Gasteiger charge is 2.12. The van der Waals surface area contributed by atoms with Crippen molar-refractivity contribution in [2.45, 2.75) is 26.8 Å². The van der Waals surface area contributed by atoms with Gasteiger partial charge in [0.1, 0.15) is 5.82 Å². The number of hydrogen-bond donors (Lipinski definition) is 1. The number of nitro benzene ring substituents is 1. The Labute approximate surface area is 122 Å². The Morgan fingerprint density at radius 2 is 1.86 bits per heavy atom. The van der Waals surface area contributed by atoms with Gasteiger partial charge in [0.2, 0.25) is 0 Å². The molecule has 1 unspecified atom stereocenters. The Morgan fingerprint density at radius 3 is 2.48 bits per heavy atom. The van der Waals surface area contributed by atoms with E-state index in [0.29, 0.717) is 5.69 Å². The van der Waals surface area contributed by atoms with Gasteiger partial charge in [-0.15, -0.1) is 0 Å². The lowest BCUT2D eigenvalue weighted by molar-refractivity contribution is -0.385. The second kappa shape index (κ2) is 5.91. The minimum atomic E-state index is -0.626. The van der Waals surface area contributed by atoms with Gasteiger partial charge in [0.05, 0.1) is 11.0 Å². The maximum absolute atomic E-state index is 13.4. The minimum absolute atomic E-state index is 0.0781. The third-order valence-electron chi connectivity index (χ3n) is 3.51. The number of halogens is 1. The normalized spacial score (nSPS) is 12.0. The predicted molar refractivity (Wildman–Crippen MR) is 81.0 cm³/mol. The largest absolute Gasteiger partial charge is 0.378 e. The number of non-ortho nitro benzene ring substituents is 1. The van der Waals surface area contributed by atoms with Crippen molar-refractivity contribution < 1.29 is 9.31 Å². The molecular formula is C16H17FN2O2. The van der Waals surface area contributed by atoms with Crippen molar-refractivity contribution in [3.05, 3.63) is 69.0 Å². The van der Waals surface area contributed by atoms with Crippen LogP contribution in [0.5, 0.6) is 0 Å². The number of aryl methyl sites for hydroxylation is 2. The topological polar surface area (TPSA) is 55.2 Å². The fraction of sp³-hybridized carbons (Fsp3) is 0.250. The van der Waals surface area contributed by atoms with E-state index >= 15 is 0 Å². The highest BCUT2D eigenvalue weighted by molar-refractivity contribution is 5.53. The van der Waals surface area contributed by atoms with E-state index in [1.807, 2.05) is 32.9 Å². The first-order chi connectivity index (χ1) is 9.86. The van der Waals surface area contributed by atoms with Crippen molar-refractivity contribution in [3.63, 3.8) is 0 Å². The van der Waals surface area contributed by atoms with Gasteiger partial charge in [-0.3, -0.25) is 10.1 Å². The number of hydrogen-bond acceptors (Lipinski definition) is 3. The van der Waals surface area contributed by atoms with Gasteiger partial charge in [-0.05, 0) is 43.5 Å². The van der Waals surface area contributed by atoms with Gasteiger partial charge in [-0.2, -0.15) is 0 Å². The molecule has 0 aromatic heterocycles. The smallest absolute Gasteiger partial charge is 0.274 e. The van der Waals surface area contributed by atoms with Gasteiger partial charge in [0.25, 0.3) is 5.69 Å². The molecule has 0 aliphatic heterocycles. The Kier molecular flexibility index (Phi) is 4.21. The Morgan fingerprint density at radius 1 is 1.14 bits per heavy atom. The van der Waals surface area contributed by atoms with Crippen molar-refractivity contribution in [2.24, 2.45) is 0 Å². The van der Waals surface area contributed by atoms with Gasteiger partial charge in [-0.25, -0.2) is 4.39 Å². The average Bonchev–Trinajstić information content (AvgIpc) is 2.41. The number of anilines is 1. The summed E-state index contributed by atoms with van der Waals surface area (Å²) >= 11 is 0. The molecule has 2 aromatic rings. The first-order valence-electron chi connectivity index (χ1n) is 6.65. The van der Waals surface area contributed by atoms with Gasteiger partial charge < -0.3 is 5.32 Å². The second-order valence-corrected chi connectivity index (χ2v) is 5.16. The highest BCUT2D eigenvalue weighted by atomic mass is 19.1. The molecule has 2 aromatic carbocycles. The second-order valence-electron chi connectivity index (χ2n) is 5.16. The van der Waals surface area contributed by atoms with Crippen molar-refractivity contribution in [1.29, 1.82) is 0 Å². The molecule has 0 amide bonds. The van der Waals surface area contributed by atoms with Crippen LogP contribution in [0.3, 0.4) is 0 Å². The summed E-state index contributed by atoms with van der Waals surface area (Å²) in [5, 5.41) is 13.9. The summed E-state index contributed by atoms with van der Waals surface area (Å²) in [5.74, 6) is -0.626. The number of nitrogens with zero attached hydrogens (tertiary/aromatic N) is 1. The van der Waals surface area contributed by atoms with E-state index in [2.05, 4.69) is 11.4 Å². The SMILES string of the molecule is Cc1ccc(C(C)Nc2cc(F)cc([N+](=O)[O-])c2)cc1C. The van der Waals surface area contributed by atoms with Crippen molar-refractivity contribution in [1.82, 2.24) is 0 Å². The monoisotopic (exact) mass is 288 g/mol. The van der Waals surface area contributed by atoms with E-state index in [4.69, 9.17) is 0 Å². The third kappa shape index (κ3) is 3.56. The molecule has 0 radical (unpaired) electrons. The summed E-state index contributed by atoms with van der Waals surface area (Å²) in [6, 6.07) is 9.49.